The highest BCUT2D eigenvalue weighted by Crippen LogP contribution is 2.23. The maximum absolute atomic E-state index is 11.6. The lowest BCUT2D eigenvalue weighted by Crippen LogP contribution is -2.36. The smallest absolute Gasteiger partial charge is 0.488 e. The average molecular weight is 221 g/mol. The van der Waals surface area contributed by atoms with Gasteiger partial charge in [0.1, 0.15) is 5.75 Å². The van der Waals surface area contributed by atoms with Gasteiger partial charge in [-0.05, 0) is 23.5 Å². The molecule has 1 heterocycles. The van der Waals surface area contributed by atoms with E-state index in [0.717, 1.165) is 5.56 Å². The van der Waals surface area contributed by atoms with Crippen LogP contribution in [0.4, 0.5) is 0 Å². The minimum Gasteiger partial charge on any atom is -0.496 e. The molecule has 2 rings (SSSR count). The molecule has 5 nitrogen and oxygen atoms in total. The number of rotatable bonds is 2. The van der Waals surface area contributed by atoms with E-state index in [9.17, 15) is 4.79 Å². The highest BCUT2D eigenvalue weighted by molar-refractivity contribution is 6.58. The Bertz CT molecular complexity index is 416. The monoisotopic (exact) mass is 221 g/mol. The lowest BCUT2D eigenvalue weighted by atomic mass is 9.77. The van der Waals surface area contributed by atoms with Gasteiger partial charge in [0.15, 0.2) is 0 Å². The molecule has 0 bridgehead atoms. The second-order valence-electron chi connectivity index (χ2n) is 3.64. The Morgan fingerprint density at radius 2 is 2.19 bits per heavy atom. The number of benzene rings is 1. The molecule has 84 valence electrons. The van der Waals surface area contributed by atoms with Crippen molar-refractivity contribution in [1.29, 1.82) is 0 Å². The summed E-state index contributed by atoms with van der Waals surface area (Å²) in [5, 5.41) is 20.9. The fourth-order valence-corrected chi connectivity index (χ4v) is 1.86. The standard InChI is InChI=1S/C10H12BNO4/c1-16-8-5-7(11(14)15)4-6-2-3-12-10(13)9(6)8/h4-5,14-15H,2-3H2,1H3,(H,12,13). The molecule has 0 atom stereocenters. The van der Waals surface area contributed by atoms with Crippen molar-refractivity contribution in [2.24, 2.45) is 0 Å². The molecule has 0 saturated carbocycles. The van der Waals surface area contributed by atoms with Gasteiger partial charge >= 0.3 is 7.12 Å². The Morgan fingerprint density at radius 3 is 2.81 bits per heavy atom. The molecule has 0 saturated heterocycles. The lowest BCUT2D eigenvalue weighted by Gasteiger charge is -2.20. The maximum atomic E-state index is 11.6. The van der Waals surface area contributed by atoms with Crippen LogP contribution in [0.15, 0.2) is 12.1 Å². The first kappa shape index (κ1) is 11.0. The van der Waals surface area contributed by atoms with Crippen molar-refractivity contribution in [3.63, 3.8) is 0 Å². The molecule has 0 radical (unpaired) electrons. The lowest BCUT2D eigenvalue weighted by molar-refractivity contribution is 0.0942. The molecule has 3 N–H and O–H groups in total. The predicted molar refractivity (Wildman–Crippen MR) is 58.9 cm³/mol. The van der Waals surface area contributed by atoms with E-state index in [1.54, 1.807) is 6.07 Å². The van der Waals surface area contributed by atoms with Crippen molar-refractivity contribution in [1.82, 2.24) is 5.32 Å². The van der Waals surface area contributed by atoms with Crippen LogP contribution in [0.5, 0.6) is 5.75 Å². The zero-order valence-corrected chi connectivity index (χ0v) is 8.86. The second kappa shape index (κ2) is 4.15. The molecule has 0 aliphatic carbocycles. The van der Waals surface area contributed by atoms with Crippen molar-refractivity contribution >= 4 is 18.5 Å². The summed E-state index contributed by atoms with van der Waals surface area (Å²) in [6, 6.07) is 3.09. The maximum Gasteiger partial charge on any atom is 0.488 e. The molecule has 1 aliphatic heterocycles. The van der Waals surface area contributed by atoms with Gasteiger partial charge in [0, 0.05) is 6.54 Å². The number of carbonyl (C=O) groups excluding carboxylic acids is 1. The van der Waals surface area contributed by atoms with Crippen molar-refractivity contribution < 1.29 is 19.6 Å². The van der Waals surface area contributed by atoms with Gasteiger partial charge in [0.25, 0.3) is 5.91 Å². The third-order valence-electron chi connectivity index (χ3n) is 2.63. The number of hydrogen-bond donors (Lipinski definition) is 3. The van der Waals surface area contributed by atoms with Crippen LogP contribution in [0.1, 0.15) is 15.9 Å². The van der Waals surface area contributed by atoms with Crippen LogP contribution in [0.2, 0.25) is 0 Å². The van der Waals surface area contributed by atoms with Gasteiger partial charge in [-0.3, -0.25) is 4.79 Å². The summed E-state index contributed by atoms with van der Waals surface area (Å²) in [6.45, 7) is 0.556. The highest BCUT2D eigenvalue weighted by Gasteiger charge is 2.24. The molecule has 1 aromatic rings. The van der Waals surface area contributed by atoms with Crippen LogP contribution in [0.25, 0.3) is 0 Å². The number of amides is 1. The van der Waals surface area contributed by atoms with Crippen molar-refractivity contribution in [3.05, 3.63) is 23.3 Å². The quantitative estimate of drug-likeness (QED) is 0.540. The molecule has 6 heteroatoms. The third kappa shape index (κ3) is 1.77. The second-order valence-corrected chi connectivity index (χ2v) is 3.64. The number of fused-ring (bicyclic) bond motifs is 1. The topological polar surface area (TPSA) is 78.8 Å². The molecule has 0 fully saturated rings. The summed E-state index contributed by atoms with van der Waals surface area (Å²) in [5.41, 5.74) is 1.61. The van der Waals surface area contributed by atoms with Gasteiger partial charge in [-0.25, -0.2) is 0 Å². The van der Waals surface area contributed by atoms with Gasteiger partial charge in [0.05, 0.1) is 12.7 Å². The summed E-state index contributed by atoms with van der Waals surface area (Å²) in [5.74, 6) is 0.190. The van der Waals surface area contributed by atoms with E-state index in [1.165, 1.54) is 13.2 Å². The number of carbonyl (C=O) groups is 1. The molecule has 1 aliphatic rings. The van der Waals surface area contributed by atoms with Crippen LogP contribution in [0.3, 0.4) is 0 Å². The summed E-state index contributed by atoms with van der Waals surface area (Å²) >= 11 is 0. The van der Waals surface area contributed by atoms with E-state index in [2.05, 4.69) is 5.32 Å². The Kier molecular flexibility index (Phi) is 2.85. The number of ether oxygens (including phenoxy) is 1. The predicted octanol–water partition coefficient (Wildman–Crippen LogP) is -1.34. The van der Waals surface area contributed by atoms with E-state index in [1.807, 2.05) is 0 Å². The molecule has 0 unspecified atom stereocenters. The fourth-order valence-electron chi connectivity index (χ4n) is 1.86. The van der Waals surface area contributed by atoms with Crippen LogP contribution in [0, 0.1) is 0 Å². The minimum atomic E-state index is -1.55. The van der Waals surface area contributed by atoms with E-state index < -0.39 is 7.12 Å². The summed E-state index contributed by atoms with van der Waals surface area (Å²) in [4.78, 5) is 11.6. The highest BCUT2D eigenvalue weighted by atomic mass is 16.5. The molecular formula is C10H12BNO4. The largest absolute Gasteiger partial charge is 0.496 e. The molecule has 1 amide bonds. The Labute approximate surface area is 93.2 Å². The summed E-state index contributed by atoms with van der Waals surface area (Å²) in [6.07, 6.45) is 0.665. The normalized spacial score (nSPS) is 14.1. The molecule has 1 aromatic carbocycles. The first-order chi connectivity index (χ1) is 7.63. The van der Waals surface area contributed by atoms with Crippen molar-refractivity contribution in [2.45, 2.75) is 6.42 Å². The summed E-state index contributed by atoms with van der Waals surface area (Å²) < 4.78 is 5.09. The van der Waals surface area contributed by atoms with Crippen LogP contribution >= 0.6 is 0 Å². The van der Waals surface area contributed by atoms with Gasteiger partial charge < -0.3 is 20.1 Å². The van der Waals surface area contributed by atoms with Crippen LogP contribution in [-0.4, -0.2) is 36.7 Å². The first-order valence-corrected chi connectivity index (χ1v) is 4.98. The van der Waals surface area contributed by atoms with Crippen molar-refractivity contribution in [3.8, 4) is 5.75 Å². The number of hydrogen-bond acceptors (Lipinski definition) is 4. The third-order valence-corrected chi connectivity index (χ3v) is 2.63. The Balaban J connectivity index is 2.57. The van der Waals surface area contributed by atoms with Crippen LogP contribution < -0.4 is 15.5 Å². The zero-order valence-electron chi connectivity index (χ0n) is 8.86. The molecule has 0 spiro atoms. The van der Waals surface area contributed by atoms with E-state index in [0.29, 0.717) is 29.7 Å². The van der Waals surface area contributed by atoms with Gasteiger partial charge in [-0.1, -0.05) is 6.07 Å². The zero-order chi connectivity index (χ0) is 11.7. The Morgan fingerprint density at radius 1 is 1.44 bits per heavy atom. The van der Waals surface area contributed by atoms with Crippen molar-refractivity contribution in [2.75, 3.05) is 13.7 Å². The van der Waals surface area contributed by atoms with E-state index in [4.69, 9.17) is 14.8 Å². The van der Waals surface area contributed by atoms with Gasteiger partial charge in [-0.2, -0.15) is 0 Å². The molecular weight excluding hydrogens is 209 g/mol. The Hall–Kier alpha value is -1.53. The molecule has 0 aromatic heterocycles. The first-order valence-electron chi connectivity index (χ1n) is 4.98. The number of methoxy groups -OCH3 is 1. The summed E-state index contributed by atoms with van der Waals surface area (Å²) in [7, 11) is -0.102. The molecule has 16 heavy (non-hydrogen) atoms. The van der Waals surface area contributed by atoms with E-state index in [-0.39, 0.29) is 5.91 Å². The minimum absolute atomic E-state index is 0.183. The fraction of sp³-hybridized carbons (Fsp3) is 0.300. The van der Waals surface area contributed by atoms with E-state index >= 15 is 0 Å². The van der Waals surface area contributed by atoms with Gasteiger partial charge in [-0.15, -0.1) is 0 Å². The van der Waals surface area contributed by atoms with Gasteiger partial charge in [0.2, 0.25) is 0 Å². The number of nitrogens with one attached hydrogen (secondary N) is 1. The van der Waals surface area contributed by atoms with Crippen LogP contribution in [-0.2, 0) is 6.42 Å². The SMILES string of the molecule is COc1cc(B(O)O)cc2c1C(=O)NCC2. The average Bonchev–Trinajstić information content (AvgIpc) is 2.27.